The van der Waals surface area contributed by atoms with Gasteiger partial charge in [-0.15, -0.1) is 0 Å². The van der Waals surface area contributed by atoms with Crippen LogP contribution in [0.1, 0.15) is 37.8 Å². The fraction of sp³-hybridized carbons (Fsp3) is 0.545. The third-order valence-corrected chi connectivity index (χ3v) is 2.80. The number of rotatable bonds is 3. The summed E-state index contributed by atoms with van der Waals surface area (Å²) in [5.41, 5.74) is 1.34. The highest BCUT2D eigenvalue weighted by atomic mass is 15.0. The Balaban J connectivity index is 1.92. The van der Waals surface area contributed by atoms with E-state index in [9.17, 15) is 0 Å². The summed E-state index contributed by atoms with van der Waals surface area (Å²) in [6.07, 6.45) is 7.79. The Morgan fingerprint density at radius 1 is 1.38 bits per heavy atom. The molecular weight excluding hydrogens is 160 g/mol. The lowest BCUT2D eigenvalue weighted by Gasteiger charge is -2.30. The summed E-state index contributed by atoms with van der Waals surface area (Å²) in [6, 6.07) is 5.38. The number of hydrogen-bond acceptors (Lipinski definition) is 2. The zero-order valence-electron chi connectivity index (χ0n) is 8.03. The molecule has 0 aromatic carbocycles. The number of aromatic nitrogens is 1. The Hall–Kier alpha value is -0.890. The minimum absolute atomic E-state index is 0.466. The van der Waals surface area contributed by atoms with E-state index in [1.807, 2.05) is 12.4 Å². The maximum atomic E-state index is 4.01. The number of nitrogens with zero attached hydrogens (tertiary/aromatic N) is 1. The molecule has 0 amide bonds. The average molecular weight is 176 g/mol. The molecule has 13 heavy (non-hydrogen) atoms. The van der Waals surface area contributed by atoms with Gasteiger partial charge in [-0.25, -0.2) is 0 Å². The van der Waals surface area contributed by atoms with Crippen LogP contribution in [-0.4, -0.2) is 11.0 Å². The first kappa shape index (κ1) is 8.70. The van der Waals surface area contributed by atoms with Crippen molar-refractivity contribution >= 4 is 0 Å². The van der Waals surface area contributed by atoms with Crippen LogP contribution in [0, 0.1) is 0 Å². The third kappa shape index (κ3) is 2.07. The van der Waals surface area contributed by atoms with Crippen LogP contribution >= 0.6 is 0 Å². The Morgan fingerprint density at radius 2 is 2.08 bits per heavy atom. The van der Waals surface area contributed by atoms with Gasteiger partial charge in [0.25, 0.3) is 0 Å². The second kappa shape index (κ2) is 3.88. The molecule has 2 heteroatoms. The standard InChI is InChI=1S/C11H16N2/c1-9(13-11-3-2-4-11)10-5-7-12-8-6-10/h5-9,11,13H,2-4H2,1H3. The van der Waals surface area contributed by atoms with Crippen molar-refractivity contribution in [2.75, 3.05) is 0 Å². The van der Waals surface area contributed by atoms with E-state index in [2.05, 4.69) is 29.4 Å². The first-order chi connectivity index (χ1) is 6.36. The van der Waals surface area contributed by atoms with Crippen molar-refractivity contribution < 1.29 is 0 Å². The van der Waals surface area contributed by atoms with Crippen LogP contribution < -0.4 is 5.32 Å². The maximum absolute atomic E-state index is 4.01. The normalized spacial score (nSPS) is 19.5. The number of hydrogen-bond donors (Lipinski definition) is 1. The van der Waals surface area contributed by atoms with Crippen LogP contribution in [0.4, 0.5) is 0 Å². The summed E-state index contributed by atoms with van der Waals surface area (Å²) in [7, 11) is 0. The minimum atomic E-state index is 0.466. The van der Waals surface area contributed by atoms with Gasteiger partial charge < -0.3 is 5.32 Å². The zero-order chi connectivity index (χ0) is 9.10. The minimum Gasteiger partial charge on any atom is -0.307 e. The van der Waals surface area contributed by atoms with Crippen molar-refractivity contribution in [1.82, 2.24) is 10.3 Å². The van der Waals surface area contributed by atoms with E-state index in [1.54, 1.807) is 0 Å². The van der Waals surface area contributed by atoms with Crippen molar-refractivity contribution in [3.8, 4) is 0 Å². The van der Waals surface area contributed by atoms with E-state index in [-0.39, 0.29) is 0 Å². The highest BCUT2D eigenvalue weighted by Gasteiger charge is 2.19. The highest BCUT2D eigenvalue weighted by Crippen LogP contribution is 2.22. The van der Waals surface area contributed by atoms with E-state index in [4.69, 9.17) is 0 Å². The van der Waals surface area contributed by atoms with Crippen molar-refractivity contribution in [3.63, 3.8) is 0 Å². The maximum Gasteiger partial charge on any atom is 0.0295 e. The van der Waals surface area contributed by atoms with Gasteiger partial charge in [-0.3, -0.25) is 4.98 Å². The van der Waals surface area contributed by atoms with Crippen LogP contribution in [0.25, 0.3) is 0 Å². The highest BCUT2D eigenvalue weighted by molar-refractivity contribution is 5.14. The van der Waals surface area contributed by atoms with Crippen LogP contribution in [-0.2, 0) is 0 Å². The quantitative estimate of drug-likeness (QED) is 0.764. The van der Waals surface area contributed by atoms with Gasteiger partial charge in [0.05, 0.1) is 0 Å². The monoisotopic (exact) mass is 176 g/mol. The molecule has 1 aliphatic rings. The fourth-order valence-corrected chi connectivity index (χ4v) is 1.68. The molecule has 1 aliphatic carbocycles. The predicted octanol–water partition coefficient (Wildman–Crippen LogP) is 2.28. The molecule has 1 atom stereocenters. The molecule has 2 nitrogen and oxygen atoms in total. The SMILES string of the molecule is CC(NC1CCC1)c1ccncc1. The first-order valence-electron chi connectivity index (χ1n) is 5.02. The summed E-state index contributed by atoms with van der Waals surface area (Å²) in [5.74, 6) is 0. The Bertz CT molecular complexity index is 254. The van der Waals surface area contributed by atoms with Crippen LogP contribution in [0.15, 0.2) is 24.5 Å². The van der Waals surface area contributed by atoms with Gasteiger partial charge in [-0.05, 0) is 37.5 Å². The second-order valence-electron chi connectivity index (χ2n) is 3.80. The molecule has 0 saturated heterocycles. The molecule has 1 aromatic rings. The smallest absolute Gasteiger partial charge is 0.0295 e. The lowest BCUT2D eigenvalue weighted by atomic mass is 9.92. The molecule has 0 spiro atoms. The molecule has 0 bridgehead atoms. The average Bonchev–Trinajstić information content (AvgIpc) is 2.12. The molecule has 70 valence electrons. The van der Waals surface area contributed by atoms with Crippen molar-refractivity contribution in [1.29, 1.82) is 0 Å². The summed E-state index contributed by atoms with van der Waals surface area (Å²) in [5, 5.41) is 3.60. The lowest BCUT2D eigenvalue weighted by Crippen LogP contribution is -2.36. The summed E-state index contributed by atoms with van der Waals surface area (Å²) in [4.78, 5) is 4.01. The largest absolute Gasteiger partial charge is 0.307 e. The van der Waals surface area contributed by atoms with E-state index < -0.39 is 0 Å². The third-order valence-electron chi connectivity index (χ3n) is 2.80. The molecule has 1 unspecified atom stereocenters. The zero-order valence-corrected chi connectivity index (χ0v) is 8.03. The van der Waals surface area contributed by atoms with Gasteiger partial charge >= 0.3 is 0 Å². The Labute approximate surface area is 79.4 Å². The van der Waals surface area contributed by atoms with E-state index in [1.165, 1.54) is 24.8 Å². The van der Waals surface area contributed by atoms with E-state index in [0.29, 0.717) is 6.04 Å². The summed E-state index contributed by atoms with van der Waals surface area (Å²) >= 11 is 0. The molecular formula is C11H16N2. The number of pyridine rings is 1. The molecule has 1 N–H and O–H groups in total. The van der Waals surface area contributed by atoms with Crippen molar-refractivity contribution in [2.24, 2.45) is 0 Å². The van der Waals surface area contributed by atoms with Crippen molar-refractivity contribution in [3.05, 3.63) is 30.1 Å². The van der Waals surface area contributed by atoms with Gasteiger partial charge in [0.2, 0.25) is 0 Å². The van der Waals surface area contributed by atoms with E-state index in [0.717, 1.165) is 6.04 Å². The summed E-state index contributed by atoms with van der Waals surface area (Å²) < 4.78 is 0. The lowest BCUT2D eigenvalue weighted by molar-refractivity contribution is 0.313. The van der Waals surface area contributed by atoms with Gasteiger partial charge in [0, 0.05) is 24.5 Å². The van der Waals surface area contributed by atoms with E-state index >= 15 is 0 Å². The molecule has 1 fully saturated rings. The van der Waals surface area contributed by atoms with Crippen LogP contribution in [0.5, 0.6) is 0 Å². The van der Waals surface area contributed by atoms with Crippen LogP contribution in [0.2, 0.25) is 0 Å². The molecule has 0 radical (unpaired) electrons. The Morgan fingerprint density at radius 3 is 2.62 bits per heavy atom. The molecule has 0 aliphatic heterocycles. The molecule has 2 rings (SSSR count). The van der Waals surface area contributed by atoms with Gasteiger partial charge in [0.15, 0.2) is 0 Å². The first-order valence-corrected chi connectivity index (χ1v) is 5.02. The van der Waals surface area contributed by atoms with Gasteiger partial charge in [-0.2, -0.15) is 0 Å². The molecule has 1 heterocycles. The van der Waals surface area contributed by atoms with Gasteiger partial charge in [-0.1, -0.05) is 6.42 Å². The van der Waals surface area contributed by atoms with Gasteiger partial charge in [0.1, 0.15) is 0 Å². The topological polar surface area (TPSA) is 24.9 Å². The Kier molecular flexibility index (Phi) is 2.60. The molecule has 1 aromatic heterocycles. The predicted molar refractivity (Wildman–Crippen MR) is 53.4 cm³/mol. The summed E-state index contributed by atoms with van der Waals surface area (Å²) in [6.45, 7) is 2.22. The fourth-order valence-electron chi connectivity index (χ4n) is 1.68. The number of nitrogens with one attached hydrogen (secondary N) is 1. The van der Waals surface area contributed by atoms with Crippen LogP contribution in [0.3, 0.4) is 0 Å². The second-order valence-corrected chi connectivity index (χ2v) is 3.80. The van der Waals surface area contributed by atoms with Crippen molar-refractivity contribution in [2.45, 2.75) is 38.3 Å². The molecule has 1 saturated carbocycles.